The zero-order valence-corrected chi connectivity index (χ0v) is 16.1. The second-order valence-electron chi connectivity index (χ2n) is 5.84. The van der Waals surface area contributed by atoms with E-state index in [1.807, 2.05) is 0 Å². The third-order valence-electron chi connectivity index (χ3n) is 3.95. The number of nitrogens with zero attached hydrogens (tertiary/aromatic N) is 2. The number of hydrogen-bond donors (Lipinski definition) is 1. The standard InChI is InChI=1S/C20H18ClN3O4/c1-27-15-6-7-16(18(11-15)28-2)17-8-9-20(26)24(23-17)12-19(25)22-14-5-3-4-13(21)10-14/h3-11H,12H2,1-2H3,(H,22,25). The summed E-state index contributed by atoms with van der Waals surface area (Å²) in [6.45, 7) is -0.238. The van der Waals surface area contributed by atoms with Gasteiger partial charge in [-0.05, 0) is 36.4 Å². The van der Waals surface area contributed by atoms with Crippen molar-refractivity contribution in [3.05, 3.63) is 70.0 Å². The van der Waals surface area contributed by atoms with Crippen LogP contribution in [0.3, 0.4) is 0 Å². The number of methoxy groups -OCH3 is 2. The molecule has 0 bridgehead atoms. The van der Waals surface area contributed by atoms with Gasteiger partial charge in [0.15, 0.2) is 0 Å². The summed E-state index contributed by atoms with van der Waals surface area (Å²) in [5.74, 6) is 0.783. The topological polar surface area (TPSA) is 82.5 Å². The van der Waals surface area contributed by atoms with Crippen LogP contribution in [0.15, 0.2) is 59.4 Å². The largest absolute Gasteiger partial charge is 0.497 e. The van der Waals surface area contributed by atoms with Crippen molar-refractivity contribution in [3.8, 4) is 22.8 Å². The molecule has 2 aromatic carbocycles. The Morgan fingerprint density at radius 1 is 1.11 bits per heavy atom. The molecule has 1 heterocycles. The molecule has 1 aromatic heterocycles. The Kier molecular flexibility index (Phi) is 5.96. The van der Waals surface area contributed by atoms with Crippen molar-refractivity contribution >= 4 is 23.2 Å². The van der Waals surface area contributed by atoms with Gasteiger partial charge in [0, 0.05) is 28.4 Å². The number of ether oxygens (including phenoxy) is 2. The average molecular weight is 400 g/mol. The minimum atomic E-state index is -0.393. The molecule has 3 rings (SSSR count). The predicted molar refractivity (Wildman–Crippen MR) is 107 cm³/mol. The van der Waals surface area contributed by atoms with Gasteiger partial charge in [0.2, 0.25) is 5.91 Å². The van der Waals surface area contributed by atoms with Crippen molar-refractivity contribution in [2.24, 2.45) is 0 Å². The highest BCUT2D eigenvalue weighted by atomic mass is 35.5. The van der Waals surface area contributed by atoms with Crippen LogP contribution in [0.4, 0.5) is 5.69 Å². The molecule has 3 aromatic rings. The third kappa shape index (κ3) is 4.50. The SMILES string of the molecule is COc1ccc(-c2ccc(=O)n(CC(=O)Nc3cccc(Cl)c3)n2)c(OC)c1. The zero-order valence-electron chi connectivity index (χ0n) is 15.3. The first-order valence-electron chi connectivity index (χ1n) is 8.36. The lowest BCUT2D eigenvalue weighted by atomic mass is 10.1. The highest BCUT2D eigenvalue weighted by Gasteiger charge is 2.12. The summed E-state index contributed by atoms with van der Waals surface area (Å²) in [5.41, 5.74) is 1.32. The van der Waals surface area contributed by atoms with Gasteiger partial charge in [0.1, 0.15) is 18.0 Å². The summed E-state index contributed by atoms with van der Waals surface area (Å²) in [7, 11) is 3.10. The number of amides is 1. The van der Waals surface area contributed by atoms with Crippen molar-refractivity contribution in [2.45, 2.75) is 6.54 Å². The fraction of sp³-hybridized carbons (Fsp3) is 0.150. The molecule has 144 valence electrons. The summed E-state index contributed by atoms with van der Waals surface area (Å²) < 4.78 is 11.7. The van der Waals surface area contributed by atoms with Crippen LogP contribution in [0.2, 0.25) is 5.02 Å². The first kappa shape index (κ1) is 19.4. The Labute approximate surface area is 166 Å². The average Bonchev–Trinajstić information content (AvgIpc) is 2.69. The number of rotatable bonds is 6. The number of carbonyl (C=O) groups is 1. The van der Waals surface area contributed by atoms with Gasteiger partial charge in [-0.2, -0.15) is 5.10 Å². The van der Waals surface area contributed by atoms with E-state index in [9.17, 15) is 9.59 Å². The summed E-state index contributed by atoms with van der Waals surface area (Å²) in [6.07, 6.45) is 0. The molecule has 0 aliphatic carbocycles. The summed E-state index contributed by atoms with van der Waals surface area (Å²) in [4.78, 5) is 24.5. The van der Waals surface area contributed by atoms with Crippen LogP contribution in [0.5, 0.6) is 11.5 Å². The molecule has 8 heteroatoms. The van der Waals surface area contributed by atoms with E-state index in [1.165, 1.54) is 13.2 Å². The number of nitrogens with one attached hydrogen (secondary N) is 1. The molecule has 0 spiro atoms. The van der Waals surface area contributed by atoms with Crippen molar-refractivity contribution in [1.29, 1.82) is 0 Å². The van der Waals surface area contributed by atoms with E-state index in [1.54, 1.807) is 55.6 Å². The normalized spacial score (nSPS) is 10.4. The molecular weight excluding hydrogens is 382 g/mol. The van der Waals surface area contributed by atoms with Crippen molar-refractivity contribution in [1.82, 2.24) is 9.78 Å². The van der Waals surface area contributed by atoms with E-state index in [2.05, 4.69) is 10.4 Å². The van der Waals surface area contributed by atoms with Gasteiger partial charge in [-0.25, -0.2) is 4.68 Å². The number of carbonyl (C=O) groups excluding carboxylic acids is 1. The Balaban J connectivity index is 1.86. The summed E-state index contributed by atoms with van der Waals surface area (Å²) in [5, 5.41) is 7.49. The van der Waals surface area contributed by atoms with Crippen LogP contribution in [0.25, 0.3) is 11.3 Å². The van der Waals surface area contributed by atoms with Gasteiger partial charge in [-0.1, -0.05) is 17.7 Å². The second-order valence-corrected chi connectivity index (χ2v) is 6.28. The number of benzene rings is 2. The number of anilines is 1. The lowest BCUT2D eigenvalue weighted by Crippen LogP contribution is -2.29. The highest BCUT2D eigenvalue weighted by molar-refractivity contribution is 6.30. The van der Waals surface area contributed by atoms with Gasteiger partial charge in [-0.15, -0.1) is 0 Å². The summed E-state index contributed by atoms with van der Waals surface area (Å²) >= 11 is 5.91. The maximum atomic E-state index is 12.3. The van der Waals surface area contributed by atoms with Gasteiger partial charge in [0.25, 0.3) is 5.56 Å². The Hall–Kier alpha value is -3.32. The van der Waals surface area contributed by atoms with E-state index in [-0.39, 0.29) is 6.54 Å². The van der Waals surface area contributed by atoms with Gasteiger partial charge >= 0.3 is 0 Å². The molecule has 7 nitrogen and oxygen atoms in total. The van der Waals surface area contributed by atoms with Crippen LogP contribution < -0.4 is 20.3 Å². The van der Waals surface area contributed by atoms with Crippen LogP contribution in [-0.2, 0) is 11.3 Å². The maximum Gasteiger partial charge on any atom is 0.267 e. The predicted octanol–water partition coefficient (Wildman–Crippen LogP) is 3.22. The van der Waals surface area contributed by atoms with Crippen LogP contribution in [-0.4, -0.2) is 29.9 Å². The molecule has 0 aliphatic rings. The van der Waals surface area contributed by atoms with Gasteiger partial charge in [0.05, 0.1) is 19.9 Å². The highest BCUT2D eigenvalue weighted by Crippen LogP contribution is 2.31. The molecule has 0 radical (unpaired) electrons. The fourth-order valence-electron chi connectivity index (χ4n) is 2.62. The van der Waals surface area contributed by atoms with Crippen LogP contribution in [0.1, 0.15) is 0 Å². The second kappa shape index (κ2) is 8.58. The molecule has 1 amide bonds. The smallest absolute Gasteiger partial charge is 0.267 e. The van der Waals surface area contributed by atoms with E-state index in [0.717, 1.165) is 4.68 Å². The molecule has 0 unspecified atom stereocenters. The Morgan fingerprint density at radius 3 is 2.64 bits per heavy atom. The third-order valence-corrected chi connectivity index (χ3v) is 4.19. The van der Waals surface area contributed by atoms with E-state index in [0.29, 0.717) is 33.5 Å². The molecule has 0 saturated carbocycles. The first-order chi connectivity index (χ1) is 13.5. The minimum absolute atomic E-state index is 0.238. The lowest BCUT2D eigenvalue weighted by molar-refractivity contribution is -0.117. The van der Waals surface area contributed by atoms with Crippen LogP contribution >= 0.6 is 11.6 Å². The molecular formula is C20H18ClN3O4. The van der Waals surface area contributed by atoms with Crippen molar-refractivity contribution < 1.29 is 14.3 Å². The number of hydrogen-bond acceptors (Lipinski definition) is 5. The van der Waals surface area contributed by atoms with Crippen LogP contribution in [0, 0.1) is 0 Å². The minimum Gasteiger partial charge on any atom is -0.497 e. The first-order valence-corrected chi connectivity index (χ1v) is 8.74. The molecule has 28 heavy (non-hydrogen) atoms. The summed E-state index contributed by atoms with van der Waals surface area (Å²) in [6, 6.07) is 15.0. The number of aromatic nitrogens is 2. The molecule has 0 fully saturated rings. The van der Waals surface area contributed by atoms with Gasteiger partial charge in [-0.3, -0.25) is 9.59 Å². The molecule has 0 saturated heterocycles. The number of halogens is 1. The van der Waals surface area contributed by atoms with E-state index < -0.39 is 11.5 Å². The quantitative estimate of drug-likeness (QED) is 0.688. The van der Waals surface area contributed by atoms with Crippen molar-refractivity contribution in [2.75, 3.05) is 19.5 Å². The maximum absolute atomic E-state index is 12.3. The Bertz CT molecular complexity index is 1070. The van der Waals surface area contributed by atoms with Crippen molar-refractivity contribution in [3.63, 3.8) is 0 Å². The molecule has 0 atom stereocenters. The van der Waals surface area contributed by atoms with E-state index >= 15 is 0 Å². The molecule has 1 N–H and O–H groups in total. The Morgan fingerprint density at radius 2 is 1.93 bits per heavy atom. The molecule has 0 aliphatic heterocycles. The monoisotopic (exact) mass is 399 g/mol. The fourth-order valence-corrected chi connectivity index (χ4v) is 2.81. The van der Waals surface area contributed by atoms with Gasteiger partial charge < -0.3 is 14.8 Å². The lowest BCUT2D eigenvalue weighted by Gasteiger charge is -2.12. The van der Waals surface area contributed by atoms with E-state index in [4.69, 9.17) is 21.1 Å². The zero-order chi connectivity index (χ0) is 20.1.